The zero-order valence-electron chi connectivity index (χ0n) is 15.1. The smallest absolute Gasteiger partial charge is 0.293 e. The zero-order valence-corrected chi connectivity index (χ0v) is 16.7. The molecule has 0 radical (unpaired) electrons. The summed E-state index contributed by atoms with van der Waals surface area (Å²) in [5, 5.41) is 2.23. The highest BCUT2D eigenvalue weighted by Crippen LogP contribution is 2.22. The van der Waals surface area contributed by atoms with Gasteiger partial charge in [-0.1, -0.05) is 48.5 Å². The van der Waals surface area contributed by atoms with Crippen molar-refractivity contribution in [1.82, 2.24) is 5.32 Å². The van der Waals surface area contributed by atoms with Crippen LogP contribution in [0.1, 0.15) is 46.0 Å². The number of nitrogens with one attached hydrogen (secondary N) is 1. The van der Waals surface area contributed by atoms with Crippen LogP contribution in [0.25, 0.3) is 0 Å². The van der Waals surface area contributed by atoms with E-state index >= 15 is 0 Å². The molecule has 140 valence electrons. The fourth-order valence-electron chi connectivity index (χ4n) is 2.73. The van der Waals surface area contributed by atoms with Crippen LogP contribution in [0, 0.1) is 5.92 Å². The normalized spacial score (nSPS) is 19.1. The standard InChI is InChI=1S/C19H24BrN3O3/c1-3-4-5-6-7-13(2)21-12-16-17(24)22-19(26)23(18(16)25)15-10-8-14(20)9-11-15/h8-13,16H,3-7H2,1-2H3,(H,22,24,26)/t13-,16?/m0/s1. The highest BCUT2D eigenvalue weighted by molar-refractivity contribution is 9.10. The molecule has 1 aliphatic rings. The Morgan fingerprint density at radius 2 is 1.88 bits per heavy atom. The maximum atomic E-state index is 12.7. The molecule has 1 unspecified atom stereocenters. The molecule has 7 heteroatoms. The van der Waals surface area contributed by atoms with E-state index in [1.165, 1.54) is 19.1 Å². The van der Waals surface area contributed by atoms with E-state index in [9.17, 15) is 14.4 Å². The Morgan fingerprint density at radius 3 is 2.54 bits per heavy atom. The SMILES string of the molecule is CCCCCC[C@H](C)N=CC1C(=O)NC(=O)N(c2ccc(Br)cc2)C1=O. The molecule has 0 spiro atoms. The Hall–Kier alpha value is -2.02. The minimum absolute atomic E-state index is 0.0335. The van der Waals surface area contributed by atoms with Crippen LogP contribution in [-0.4, -0.2) is 30.1 Å². The summed E-state index contributed by atoms with van der Waals surface area (Å²) in [6.07, 6.45) is 6.89. The van der Waals surface area contributed by atoms with Crippen molar-refractivity contribution >= 4 is 45.7 Å². The lowest BCUT2D eigenvalue weighted by atomic mass is 10.0. The number of carbonyl (C=O) groups is 3. The molecule has 1 N–H and O–H groups in total. The van der Waals surface area contributed by atoms with Crippen LogP contribution in [0.15, 0.2) is 33.7 Å². The third-order valence-electron chi connectivity index (χ3n) is 4.25. The van der Waals surface area contributed by atoms with Crippen LogP contribution in [0.4, 0.5) is 10.5 Å². The number of benzene rings is 1. The molecule has 0 saturated carbocycles. The molecule has 1 fully saturated rings. The van der Waals surface area contributed by atoms with Gasteiger partial charge in [0.25, 0.3) is 5.91 Å². The van der Waals surface area contributed by atoms with Gasteiger partial charge in [0, 0.05) is 16.7 Å². The van der Waals surface area contributed by atoms with Crippen molar-refractivity contribution in [2.75, 3.05) is 4.90 Å². The largest absolute Gasteiger partial charge is 0.335 e. The Bertz CT molecular complexity index is 688. The Morgan fingerprint density at radius 1 is 1.19 bits per heavy atom. The molecule has 1 aromatic carbocycles. The summed E-state index contributed by atoms with van der Waals surface area (Å²) in [7, 11) is 0. The first-order valence-electron chi connectivity index (χ1n) is 8.91. The molecule has 1 aromatic rings. The molecule has 1 aliphatic heterocycles. The Balaban J connectivity index is 2.06. The third-order valence-corrected chi connectivity index (χ3v) is 4.78. The molecule has 1 heterocycles. The molecular weight excluding hydrogens is 398 g/mol. The molecule has 0 aromatic heterocycles. The van der Waals surface area contributed by atoms with Gasteiger partial charge in [-0.05, 0) is 37.6 Å². The van der Waals surface area contributed by atoms with Crippen molar-refractivity contribution in [2.24, 2.45) is 10.9 Å². The summed E-state index contributed by atoms with van der Waals surface area (Å²) >= 11 is 3.31. The maximum Gasteiger partial charge on any atom is 0.335 e. The molecule has 6 nitrogen and oxygen atoms in total. The first-order valence-corrected chi connectivity index (χ1v) is 9.71. The number of imide groups is 2. The number of carbonyl (C=O) groups excluding carboxylic acids is 3. The summed E-state index contributed by atoms with van der Waals surface area (Å²) in [6, 6.07) is 6.04. The van der Waals surface area contributed by atoms with Crippen molar-refractivity contribution < 1.29 is 14.4 Å². The molecule has 2 atom stereocenters. The van der Waals surface area contributed by atoms with Gasteiger partial charge in [0.05, 0.1) is 5.69 Å². The first kappa shape index (κ1) is 20.3. The fourth-order valence-corrected chi connectivity index (χ4v) is 2.99. The van der Waals surface area contributed by atoms with Crippen LogP contribution in [0.2, 0.25) is 0 Å². The van der Waals surface area contributed by atoms with Crippen molar-refractivity contribution in [2.45, 2.75) is 52.0 Å². The molecule has 4 amide bonds. The predicted molar refractivity (Wildman–Crippen MR) is 105 cm³/mol. The average Bonchev–Trinajstić information content (AvgIpc) is 2.60. The van der Waals surface area contributed by atoms with Gasteiger partial charge < -0.3 is 0 Å². The number of hydrogen-bond donors (Lipinski definition) is 1. The number of urea groups is 1. The van der Waals surface area contributed by atoms with Gasteiger partial charge >= 0.3 is 6.03 Å². The van der Waals surface area contributed by atoms with Gasteiger partial charge in [0.1, 0.15) is 0 Å². The molecule has 2 rings (SSSR count). The van der Waals surface area contributed by atoms with Gasteiger partial charge in [-0.15, -0.1) is 0 Å². The minimum atomic E-state index is -1.09. The highest BCUT2D eigenvalue weighted by Gasteiger charge is 2.40. The van der Waals surface area contributed by atoms with Crippen molar-refractivity contribution in [3.63, 3.8) is 0 Å². The summed E-state index contributed by atoms with van der Waals surface area (Å²) < 4.78 is 0.831. The van der Waals surface area contributed by atoms with E-state index in [4.69, 9.17) is 0 Å². The van der Waals surface area contributed by atoms with Gasteiger partial charge in [0.15, 0.2) is 5.92 Å². The molecule has 1 saturated heterocycles. The molecule has 26 heavy (non-hydrogen) atoms. The van der Waals surface area contributed by atoms with Gasteiger partial charge in [-0.25, -0.2) is 9.69 Å². The van der Waals surface area contributed by atoms with Crippen LogP contribution in [0.5, 0.6) is 0 Å². The second-order valence-corrected chi connectivity index (χ2v) is 7.33. The number of rotatable bonds is 8. The van der Waals surface area contributed by atoms with Crippen LogP contribution >= 0.6 is 15.9 Å². The van der Waals surface area contributed by atoms with Crippen molar-refractivity contribution in [3.05, 3.63) is 28.7 Å². The number of aliphatic imine (C=N–C) groups is 1. The minimum Gasteiger partial charge on any atom is -0.293 e. The van der Waals surface area contributed by atoms with E-state index in [-0.39, 0.29) is 6.04 Å². The van der Waals surface area contributed by atoms with E-state index in [1.54, 1.807) is 24.3 Å². The number of unbranched alkanes of at least 4 members (excludes halogenated alkanes) is 3. The summed E-state index contributed by atoms with van der Waals surface area (Å²) in [6.45, 7) is 4.12. The highest BCUT2D eigenvalue weighted by atomic mass is 79.9. The Kier molecular flexibility index (Phi) is 7.50. The van der Waals surface area contributed by atoms with E-state index in [0.717, 1.165) is 28.6 Å². The number of amides is 4. The quantitative estimate of drug-likeness (QED) is 0.390. The lowest BCUT2D eigenvalue weighted by Gasteiger charge is -2.28. The van der Waals surface area contributed by atoms with E-state index < -0.39 is 23.8 Å². The second-order valence-electron chi connectivity index (χ2n) is 6.42. The fraction of sp³-hybridized carbons (Fsp3) is 0.474. The van der Waals surface area contributed by atoms with Gasteiger partial charge in [-0.3, -0.25) is 19.9 Å². The third kappa shape index (κ3) is 5.24. The Labute approximate surface area is 162 Å². The van der Waals surface area contributed by atoms with Crippen molar-refractivity contribution in [3.8, 4) is 0 Å². The lowest BCUT2D eigenvalue weighted by Crippen LogP contribution is -2.58. The first-order chi connectivity index (χ1) is 12.4. The topological polar surface area (TPSA) is 78.8 Å². The number of halogens is 1. The molecule has 0 bridgehead atoms. The lowest BCUT2D eigenvalue weighted by molar-refractivity contribution is -0.131. The zero-order chi connectivity index (χ0) is 19.1. The predicted octanol–water partition coefficient (Wildman–Crippen LogP) is 4.08. The second kappa shape index (κ2) is 9.62. The summed E-state index contributed by atoms with van der Waals surface area (Å²) in [5.41, 5.74) is 0.411. The average molecular weight is 422 g/mol. The summed E-state index contributed by atoms with van der Waals surface area (Å²) in [5.74, 6) is -2.30. The molecular formula is C19H24BrN3O3. The monoisotopic (exact) mass is 421 g/mol. The summed E-state index contributed by atoms with van der Waals surface area (Å²) in [4.78, 5) is 42.2. The number of barbiturate groups is 1. The molecule has 0 aliphatic carbocycles. The van der Waals surface area contributed by atoms with Crippen molar-refractivity contribution in [1.29, 1.82) is 0 Å². The van der Waals surface area contributed by atoms with Crippen LogP contribution in [-0.2, 0) is 9.59 Å². The van der Waals surface area contributed by atoms with Crippen LogP contribution < -0.4 is 10.2 Å². The number of nitrogens with zero attached hydrogens (tertiary/aromatic N) is 2. The number of hydrogen-bond acceptors (Lipinski definition) is 4. The van der Waals surface area contributed by atoms with Gasteiger partial charge in [0.2, 0.25) is 5.91 Å². The van der Waals surface area contributed by atoms with E-state index in [0.29, 0.717) is 5.69 Å². The van der Waals surface area contributed by atoms with E-state index in [2.05, 4.69) is 33.2 Å². The van der Waals surface area contributed by atoms with E-state index in [1.807, 2.05) is 6.92 Å². The van der Waals surface area contributed by atoms with Crippen LogP contribution in [0.3, 0.4) is 0 Å². The maximum absolute atomic E-state index is 12.7. The number of anilines is 1. The van der Waals surface area contributed by atoms with Gasteiger partial charge in [-0.2, -0.15) is 0 Å².